The maximum absolute atomic E-state index is 13.0. The lowest BCUT2D eigenvalue weighted by Gasteiger charge is -2.20. The molecule has 0 bridgehead atoms. The zero-order valence-electron chi connectivity index (χ0n) is 19.0. The lowest BCUT2D eigenvalue weighted by molar-refractivity contribution is -0.115. The fourth-order valence-electron chi connectivity index (χ4n) is 3.65. The first kappa shape index (κ1) is 23.8. The Morgan fingerprint density at radius 1 is 1.00 bits per heavy atom. The van der Waals surface area contributed by atoms with Gasteiger partial charge in [0.15, 0.2) is 0 Å². The maximum Gasteiger partial charge on any atom is 0.243 e. The van der Waals surface area contributed by atoms with Crippen molar-refractivity contribution in [3.8, 4) is 5.75 Å². The molecule has 32 heavy (non-hydrogen) atoms. The van der Waals surface area contributed by atoms with E-state index in [1.54, 1.807) is 19.9 Å². The van der Waals surface area contributed by atoms with E-state index in [-0.39, 0.29) is 23.3 Å². The molecule has 0 fully saturated rings. The van der Waals surface area contributed by atoms with Crippen LogP contribution in [0.2, 0.25) is 0 Å². The summed E-state index contributed by atoms with van der Waals surface area (Å²) in [7, 11) is -3.67. The van der Waals surface area contributed by atoms with Crippen LogP contribution in [-0.2, 0) is 21.2 Å². The molecule has 0 aromatic heterocycles. The number of benzene rings is 3. The second-order valence-electron chi connectivity index (χ2n) is 7.78. The molecule has 0 spiro atoms. The van der Waals surface area contributed by atoms with Crippen LogP contribution in [0.5, 0.6) is 5.75 Å². The van der Waals surface area contributed by atoms with Gasteiger partial charge in [0.05, 0.1) is 23.1 Å². The standard InChI is InChI=1S/C25H30N2O4S/c1-5-27(6-2)32(29,30)21-14-15-24(31-18(3)4)23(17-21)26-25(28)16-20-12-9-11-19-10-7-8-13-22(19)20/h7-15,17-18H,5-6,16H2,1-4H3,(H,26,28). The van der Waals surface area contributed by atoms with Crippen LogP contribution in [0.3, 0.4) is 0 Å². The molecule has 1 amide bonds. The minimum Gasteiger partial charge on any atom is -0.489 e. The number of carbonyl (C=O) groups excluding carboxylic acids is 1. The Balaban J connectivity index is 1.93. The van der Waals surface area contributed by atoms with Crippen molar-refractivity contribution < 1.29 is 17.9 Å². The number of rotatable bonds is 9. The normalized spacial score (nSPS) is 11.8. The molecule has 6 nitrogen and oxygen atoms in total. The van der Waals surface area contributed by atoms with Gasteiger partial charge in [-0.3, -0.25) is 4.79 Å². The molecule has 0 aliphatic heterocycles. The fourth-order valence-corrected chi connectivity index (χ4v) is 5.14. The average molecular weight is 455 g/mol. The first-order valence-corrected chi connectivity index (χ1v) is 12.3. The highest BCUT2D eigenvalue weighted by molar-refractivity contribution is 7.89. The molecule has 3 rings (SSSR count). The topological polar surface area (TPSA) is 75.7 Å². The Morgan fingerprint density at radius 3 is 2.38 bits per heavy atom. The van der Waals surface area contributed by atoms with Crippen LogP contribution in [0, 0.1) is 0 Å². The van der Waals surface area contributed by atoms with E-state index >= 15 is 0 Å². The molecule has 3 aromatic rings. The molecule has 0 aliphatic rings. The lowest BCUT2D eigenvalue weighted by Crippen LogP contribution is -2.30. The predicted molar refractivity (Wildman–Crippen MR) is 129 cm³/mol. The first-order valence-electron chi connectivity index (χ1n) is 10.8. The number of fused-ring (bicyclic) bond motifs is 1. The monoisotopic (exact) mass is 454 g/mol. The molecule has 170 valence electrons. The molecule has 0 radical (unpaired) electrons. The van der Waals surface area contributed by atoms with Gasteiger partial charge in [-0.2, -0.15) is 4.31 Å². The molecular weight excluding hydrogens is 424 g/mol. The van der Waals surface area contributed by atoms with Crippen molar-refractivity contribution in [1.82, 2.24) is 4.31 Å². The summed E-state index contributed by atoms with van der Waals surface area (Å²) in [5.41, 5.74) is 1.25. The zero-order valence-corrected chi connectivity index (χ0v) is 19.8. The van der Waals surface area contributed by atoms with Crippen molar-refractivity contribution in [2.75, 3.05) is 18.4 Å². The maximum atomic E-state index is 13.0. The van der Waals surface area contributed by atoms with Gasteiger partial charge in [0, 0.05) is 13.1 Å². The third-order valence-electron chi connectivity index (χ3n) is 5.16. The largest absolute Gasteiger partial charge is 0.489 e. The van der Waals surface area contributed by atoms with Crippen LogP contribution in [0.1, 0.15) is 33.3 Å². The highest BCUT2D eigenvalue weighted by atomic mass is 32.2. The van der Waals surface area contributed by atoms with Gasteiger partial charge in [0.2, 0.25) is 15.9 Å². The summed E-state index contributed by atoms with van der Waals surface area (Å²) in [6.45, 7) is 8.08. The predicted octanol–water partition coefficient (Wildman–Crippen LogP) is 4.84. The summed E-state index contributed by atoms with van der Waals surface area (Å²) in [5, 5.41) is 4.95. The molecular formula is C25H30N2O4S. The number of ether oxygens (including phenoxy) is 1. The molecule has 1 N–H and O–H groups in total. The molecule has 0 atom stereocenters. The van der Waals surface area contributed by atoms with E-state index in [0.29, 0.717) is 24.5 Å². The Bertz CT molecular complexity index is 1200. The summed E-state index contributed by atoms with van der Waals surface area (Å²) >= 11 is 0. The second-order valence-corrected chi connectivity index (χ2v) is 9.72. The quantitative estimate of drug-likeness (QED) is 0.502. The fraction of sp³-hybridized carbons (Fsp3) is 0.320. The number of sulfonamides is 1. The smallest absolute Gasteiger partial charge is 0.243 e. The van der Waals surface area contributed by atoms with Crippen LogP contribution in [-0.4, -0.2) is 37.8 Å². The summed E-state index contributed by atoms with van der Waals surface area (Å²) in [6.07, 6.45) is 0.0316. The molecule has 0 aliphatic carbocycles. The highest BCUT2D eigenvalue weighted by Gasteiger charge is 2.23. The number of amides is 1. The molecule has 0 heterocycles. The second kappa shape index (κ2) is 10.1. The van der Waals surface area contributed by atoms with Crippen molar-refractivity contribution in [3.63, 3.8) is 0 Å². The van der Waals surface area contributed by atoms with Crippen LogP contribution in [0.4, 0.5) is 5.69 Å². The van der Waals surface area contributed by atoms with E-state index in [9.17, 15) is 13.2 Å². The van der Waals surface area contributed by atoms with Gasteiger partial charge in [-0.05, 0) is 48.4 Å². The van der Waals surface area contributed by atoms with Crippen LogP contribution >= 0.6 is 0 Å². The highest BCUT2D eigenvalue weighted by Crippen LogP contribution is 2.30. The summed E-state index contributed by atoms with van der Waals surface area (Å²) < 4.78 is 33.2. The van der Waals surface area contributed by atoms with Gasteiger partial charge in [-0.1, -0.05) is 56.3 Å². The Labute approximate surface area is 190 Å². The van der Waals surface area contributed by atoms with Crippen LogP contribution < -0.4 is 10.1 Å². The van der Waals surface area contributed by atoms with Gasteiger partial charge < -0.3 is 10.1 Å². The summed E-state index contributed by atoms with van der Waals surface area (Å²) in [5.74, 6) is 0.192. The zero-order chi connectivity index (χ0) is 23.3. The van der Waals surface area contributed by atoms with E-state index in [0.717, 1.165) is 16.3 Å². The summed E-state index contributed by atoms with van der Waals surface area (Å²) in [6, 6.07) is 18.4. The summed E-state index contributed by atoms with van der Waals surface area (Å²) in [4.78, 5) is 13.1. The molecule has 0 saturated heterocycles. The van der Waals surface area contributed by atoms with E-state index < -0.39 is 10.0 Å². The minimum absolute atomic E-state index is 0.123. The Hall–Kier alpha value is -2.90. The third kappa shape index (κ3) is 5.29. The number of nitrogens with one attached hydrogen (secondary N) is 1. The SMILES string of the molecule is CCN(CC)S(=O)(=O)c1ccc(OC(C)C)c(NC(=O)Cc2cccc3ccccc23)c1. The number of hydrogen-bond donors (Lipinski definition) is 1. The van der Waals surface area contributed by atoms with Crippen LogP contribution in [0.25, 0.3) is 10.8 Å². The van der Waals surface area contributed by atoms with Gasteiger partial charge in [0.25, 0.3) is 0 Å². The van der Waals surface area contributed by atoms with Crippen molar-refractivity contribution in [1.29, 1.82) is 0 Å². The van der Waals surface area contributed by atoms with Crippen molar-refractivity contribution in [2.24, 2.45) is 0 Å². The molecule has 0 unspecified atom stereocenters. The Morgan fingerprint density at radius 2 is 1.69 bits per heavy atom. The van der Waals surface area contributed by atoms with Gasteiger partial charge in [-0.25, -0.2) is 8.42 Å². The third-order valence-corrected chi connectivity index (χ3v) is 7.21. The first-order chi connectivity index (χ1) is 15.3. The van der Waals surface area contributed by atoms with E-state index in [2.05, 4.69) is 5.32 Å². The number of nitrogens with zero attached hydrogens (tertiary/aromatic N) is 1. The minimum atomic E-state index is -3.67. The Kier molecular flexibility index (Phi) is 7.53. The van der Waals surface area contributed by atoms with Crippen molar-refractivity contribution in [3.05, 3.63) is 66.2 Å². The van der Waals surface area contributed by atoms with Gasteiger partial charge in [0.1, 0.15) is 5.75 Å². The van der Waals surface area contributed by atoms with Crippen LogP contribution in [0.15, 0.2) is 65.6 Å². The molecule has 7 heteroatoms. The molecule has 0 saturated carbocycles. The molecule has 3 aromatic carbocycles. The van der Waals surface area contributed by atoms with Gasteiger partial charge >= 0.3 is 0 Å². The average Bonchev–Trinajstić information content (AvgIpc) is 2.75. The van der Waals surface area contributed by atoms with E-state index in [1.165, 1.54) is 16.4 Å². The number of hydrogen-bond acceptors (Lipinski definition) is 4. The number of carbonyl (C=O) groups is 1. The lowest BCUT2D eigenvalue weighted by atomic mass is 10.0. The van der Waals surface area contributed by atoms with Crippen molar-refractivity contribution in [2.45, 2.75) is 45.1 Å². The number of anilines is 1. The van der Waals surface area contributed by atoms with E-state index in [1.807, 2.05) is 56.3 Å². The van der Waals surface area contributed by atoms with E-state index in [4.69, 9.17) is 4.74 Å². The van der Waals surface area contributed by atoms with Crippen molar-refractivity contribution >= 4 is 32.4 Å². The van der Waals surface area contributed by atoms with Gasteiger partial charge in [-0.15, -0.1) is 0 Å².